The molecule has 2 rings (SSSR count). The molecule has 2 amide bonds. The molecule has 120 valence electrons. The van der Waals surface area contributed by atoms with Gasteiger partial charge in [0.15, 0.2) is 0 Å². The summed E-state index contributed by atoms with van der Waals surface area (Å²) in [7, 11) is 0. The summed E-state index contributed by atoms with van der Waals surface area (Å²) in [5.41, 5.74) is 6.11. The van der Waals surface area contributed by atoms with Crippen LogP contribution < -0.4 is 16.0 Å². The Morgan fingerprint density at radius 2 is 1.95 bits per heavy atom. The number of nitrogens with zero attached hydrogens (tertiary/aromatic N) is 1. The number of nitrogens with two attached hydrogens (primary N) is 1. The zero-order chi connectivity index (χ0) is 16.2. The highest BCUT2D eigenvalue weighted by Crippen LogP contribution is 2.27. The van der Waals surface area contributed by atoms with E-state index < -0.39 is 11.5 Å². The lowest BCUT2D eigenvalue weighted by atomic mass is 9.81. The molecular formula is C17H25N3O2. The predicted octanol–water partition coefficient (Wildman–Crippen LogP) is 1.67. The van der Waals surface area contributed by atoms with E-state index in [-0.39, 0.29) is 11.8 Å². The van der Waals surface area contributed by atoms with Gasteiger partial charge in [0.2, 0.25) is 11.8 Å². The lowest BCUT2D eigenvalue weighted by Crippen LogP contribution is -2.51. The maximum Gasteiger partial charge on any atom is 0.249 e. The molecule has 1 aliphatic heterocycles. The summed E-state index contributed by atoms with van der Waals surface area (Å²) >= 11 is 0. The summed E-state index contributed by atoms with van der Waals surface area (Å²) in [6.07, 6.45) is 1.98. The van der Waals surface area contributed by atoms with Crippen molar-refractivity contribution in [3.63, 3.8) is 0 Å². The normalized spacial score (nSPS) is 18.6. The zero-order valence-corrected chi connectivity index (χ0v) is 13.3. The minimum Gasteiger partial charge on any atom is -0.344 e. The number of nitrogens with one attached hydrogen (secondary N) is 1. The van der Waals surface area contributed by atoms with Crippen LogP contribution in [0.4, 0.5) is 5.69 Å². The summed E-state index contributed by atoms with van der Waals surface area (Å²) in [5, 5.41) is 2.91. The number of amides is 2. The molecule has 3 N–H and O–H groups in total. The topological polar surface area (TPSA) is 75.4 Å². The second-order valence-electron chi connectivity index (χ2n) is 5.83. The van der Waals surface area contributed by atoms with Crippen LogP contribution in [0, 0.1) is 5.41 Å². The van der Waals surface area contributed by atoms with Crippen molar-refractivity contribution < 1.29 is 9.59 Å². The molecule has 1 fully saturated rings. The van der Waals surface area contributed by atoms with E-state index in [9.17, 15) is 9.59 Å². The highest BCUT2D eigenvalue weighted by atomic mass is 16.2. The molecule has 1 aliphatic rings. The summed E-state index contributed by atoms with van der Waals surface area (Å²) in [6, 6.07) is 9.09. The number of hydrogen-bond donors (Lipinski definition) is 2. The summed E-state index contributed by atoms with van der Waals surface area (Å²) in [5.74, 6) is -0.147. The maximum atomic E-state index is 12.5. The van der Waals surface area contributed by atoms with E-state index in [0.717, 1.165) is 5.69 Å². The van der Waals surface area contributed by atoms with Crippen LogP contribution in [-0.2, 0) is 9.59 Å². The molecule has 1 atom stereocenters. The largest absolute Gasteiger partial charge is 0.344 e. The Balaban J connectivity index is 2.06. The summed E-state index contributed by atoms with van der Waals surface area (Å²) < 4.78 is 0. The standard InChI is InChI=1S/C17H25N3O2/c1-3-17(4-2,12-18)16(22)19-14-10-11-20(15(14)21)13-8-6-5-7-9-13/h5-9,14H,3-4,10-12,18H2,1-2H3,(H,19,22). The average Bonchev–Trinajstić information content (AvgIpc) is 2.91. The second kappa shape index (κ2) is 6.92. The van der Waals surface area contributed by atoms with E-state index in [2.05, 4.69) is 5.32 Å². The van der Waals surface area contributed by atoms with Crippen molar-refractivity contribution in [1.29, 1.82) is 0 Å². The Kier molecular flexibility index (Phi) is 5.19. The van der Waals surface area contributed by atoms with Crippen LogP contribution in [0.25, 0.3) is 0 Å². The van der Waals surface area contributed by atoms with Crippen LogP contribution >= 0.6 is 0 Å². The van der Waals surface area contributed by atoms with Gasteiger partial charge in [-0.2, -0.15) is 0 Å². The van der Waals surface area contributed by atoms with Gasteiger partial charge in [-0.05, 0) is 31.4 Å². The van der Waals surface area contributed by atoms with Crippen LogP contribution in [0.1, 0.15) is 33.1 Å². The zero-order valence-electron chi connectivity index (χ0n) is 13.3. The Hall–Kier alpha value is -1.88. The first-order chi connectivity index (χ1) is 10.6. The molecule has 5 heteroatoms. The molecule has 0 radical (unpaired) electrons. The Labute approximate surface area is 131 Å². The van der Waals surface area contributed by atoms with Gasteiger partial charge in [-0.3, -0.25) is 9.59 Å². The molecule has 1 saturated heterocycles. The fourth-order valence-electron chi connectivity index (χ4n) is 2.94. The number of anilines is 1. The molecular weight excluding hydrogens is 278 g/mol. The molecule has 1 aromatic carbocycles. The Morgan fingerprint density at radius 3 is 2.50 bits per heavy atom. The van der Waals surface area contributed by atoms with Gasteiger partial charge in [0.05, 0.1) is 5.41 Å². The smallest absolute Gasteiger partial charge is 0.249 e. The first kappa shape index (κ1) is 16.5. The Morgan fingerprint density at radius 1 is 1.32 bits per heavy atom. The molecule has 0 aromatic heterocycles. The third-order valence-corrected chi connectivity index (χ3v) is 4.80. The summed E-state index contributed by atoms with van der Waals surface area (Å²) in [6.45, 7) is 4.85. The van der Waals surface area contributed by atoms with Crippen molar-refractivity contribution in [2.75, 3.05) is 18.0 Å². The minimum absolute atomic E-state index is 0.0438. The van der Waals surface area contributed by atoms with E-state index in [1.807, 2.05) is 44.2 Å². The molecule has 1 aromatic rings. The van der Waals surface area contributed by atoms with Gasteiger partial charge in [-0.1, -0.05) is 32.0 Å². The summed E-state index contributed by atoms with van der Waals surface area (Å²) in [4.78, 5) is 26.8. The van der Waals surface area contributed by atoms with Crippen molar-refractivity contribution in [3.8, 4) is 0 Å². The van der Waals surface area contributed by atoms with Crippen LogP contribution in [0.2, 0.25) is 0 Å². The van der Waals surface area contributed by atoms with E-state index in [4.69, 9.17) is 5.73 Å². The third-order valence-electron chi connectivity index (χ3n) is 4.80. The minimum atomic E-state index is -0.569. The number of carbonyl (C=O) groups excluding carboxylic acids is 2. The number of rotatable bonds is 6. The fraction of sp³-hybridized carbons (Fsp3) is 0.529. The molecule has 1 unspecified atom stereocenters. The van der Waals surface area contributed by atoms with Crippen LogP contribution in [-0.4, -0.2) is 30.9 Å². The number of carbonyl (C=O) groups is 2. The van der Waals surface area contributed by atoms with Crippen LogP contribution in [0.3, 0.4) is 0 Å². The third kappa shape index (κ3) is 2.99. The number of hydrogen-bond acceptors (Lipinski definition) is 3. The highest BCUT2D eigenvalue weighted by molar-refractivity contribution is 6.01. The van der Waals surface area contributed by atoms with Gasteiger partial charge in [-0.15, -0.1) is 0 Å². The molecule has 0 saturated carbocycles. The molecule has 0 spiro atoms. The molecule has 1 heterocycles. The molecule has 0 aliphatic carbocycles. The van der Waals surface area contributed by atoms with Crippen molar-refractivity contribution in [3.05, 3.63) is 30.3 Å². The van der Waals surface area contributed by atoms with Gasteiger partial charge < -0.3 is 16.0 Å². The van der Waals surface area contributed by atoms with Crippen molar-refractivity contribution in [1.82, 2.24) is 5.32 Å². The van der Waals surface area contributed by atoms with Gasteiger partial charge in [0.1, 0.15) is 6.04 Å². The molecule has 22 heavy (non-hydrogen) atoms. The number of para-hydroxylation sites is 1. The van der Waals surface area contributed by atoms with Crippen LogP contribution in [0.5, 0.6) is 0 Å². The quantitative estimate of drug-likeness (QED) is 0.839. The fourth-order valence-corrected chi connectivity index (χ4v) is 2.94. The van der Waals surface area contributed by atoms with E-state index >= 15 is 0 Å². The van der Waals surface area contributed by atoms with E-state index in [1.54, 1.807) is 4.90 Å². The van der Waals surface area contributed by atoms with Gasteiger partial charge >= 0.3 is 0 Å². The highest BCUT2D eigenvalue weighted by Gasteiger charge is 2.39. The second-order valence-corrected chi connectivity index (χ2v) is 5.83. The average molecular weight is 303 g/mol. The lowest BCUT2D eigenvalue weighted by molar-refractivity contribution is -0.134. The van der Waals surface area contributed by atoms with Crippen molar-refractivity contribution in [2.45, 2.75) is 39.2 Å². The van der Waals surface area contributed by atoms with Gasteiger partial charge in [0, 0.05) is 18.8 Å². The Bertz CT molecular complexity index is 518. The predicted molar refractivity (Wildman–Crippen MR) is 87.4 cm³/mol. The molecule has 5 nitrogen and oxygen atoms in total. The van der Waals surface area contributed by atoms with Crippen LogP contribution in [0.15, 0.2) is 30.3 Å². The first-order valence-electron chi connectivity index (χ1n) is 7.95. The van der Waals surface area contributed by atoms with E-state index in [1.165, 1.54) is 0 Å². The van der Waals surface area contributed by atoms with E-state index in [0.29, 0.717) is 32.4 Å². The molecule has 0 bridgehead atoms. The first-order valence-corrected chi connectivity index (χ1v) is 7.95. The lowest BCUT2D eigenvalue weighted by Gasteiger charge is -2.29. The van der Waals surface area contributed by atoms with Crippen molar-refractivity contribution in [2.24, 2.45) is 11.1 Å². The number of benzene rings is 1. The van der Waals surface area contributed by atoms with Crippen molar-refractivity contribution >= 4 is 17.5 Å². The SMILES string of the molecule is CCC(CC)(CN)C(=O)NC1CCN(c2ccccc2)C1=O. The van der Waals surface area contributed by atoms with Gasteiger partial charge in [0.25, 0.3) is 0 Å². The monoisotopic (exact) mass is 303 g/mol. The maximum absolute atomic E-state index is 12.5. The van der Waals surface area contributed by atoms with Gasteiger partial charge in [-0.25, -0.2) is 0 Å².